The van der Waals surface area contributed by atoms with Crippen LogP contribution in [0.4, 0.5) is 10.8 Å². The Morgan fingerprint density at radius 3 is 2.62 bits per heavy atom. The Morgan fingerprint density at radius 1 is 1.12 bits per heavy atom. The first-order valence-electron chi connectivity index (χ1n) is 8.89. The van der Waals surface area contributed by atoms with Crippen LogP contribution in [0.1, 0.15) is 6.92 Å². The molecule has 1 unspecified atom stereocenters. The highest BCUT2D eigenvalue weighted by atomic mass is 32.1. The lowest BCUT2D eigenvalue weighted by molar-refractivity contribution is -0.120. The van der Waals surface area contributed by atoms with Crippen molar-refractivity contribution in [2.75, 3.05) is 36.4 Å². The lowest BCUT2D eigenvalue weighted by atomic mass is 10.1. The number of anilines is 2. The molecule has 1 N–H and O–H groups in total. The number of benzene rings is 2. The highest BCUT2D eigenvalue weighted by Gasteiger charge is 2.26. The van der Waals surface area contributed by atoms with Gasteiger partial charge in [-0.25, -0.2) is 4.98 Å². The summed E-state index contributed by atoms with van der Waals surface area (Å²) in [5.41, 5.74) is 0.849. The zero-order chi connectivity index (χ0) is 17.9. The molecule has 134 valence electrons. The average molecular weight is 366 g/mol. The molecule has 3 aromatic rings. The van der Waals surface area contributed by atoms with E-state index in [2.05, 4.69) is 32.2 Å². The number of rotatable bonds is 4. The minimum atomic E-state index is -0.153. The van der Waals surface area contributed by atoms with Crippen LogP contribution >= 0.6 is 11.3 Å². The molecular formula is C20H22N4OS. The van der Waals surface area contributed by atoms with E-state index in [1.54, 1.807) is 11.3 Å². The molecule has 1 saturated heterocycles. The molecule has 0 aliphatic carbocycles. The topological polar surface area (TPSA) is 48.5 Å². The second-order valence-electron chi connectivity index (χ2n) is 6.56. The Balaban J connectivity index is 1.37. The van der Waals surface area contributed by atoms with Crippen LogP contribution < -0.4 is 10.2 Å². The van der Waals surface area contributed by atoms with E-state index in [-0.39, 0.29) is 11.9 Å². The number of thiazole rings is 1. The smallest absolute Gasteiger partial charge is 0.241 e. The van der Waals surface area contributed by atoms with Gasteiger partial charge in [-0.05, 0) is 29.8 Å². The standard InChI is InChI=1S/C20H22N4OS/c1-15(23-9-11-24(12-10-23)20-21-8-13-26-20)19(25)22-18-7-6-16-4-2-3-5-17(16)14-18/h2-8,13-15H,9-12H2,1H3,(H,22,25). The minimum absolute atomic E-state index is 0.0444. The number of nitrogens with one attached hydrogen (secondary N) is 1. The fraction of sp³-hybridized carbons (Fsp3) is 0.300. The lowest BCUT2D eigenvalue weighted by Gasteiger charge is -2.37. The number of fused-ring (bicyclic) bond motifs is 1. The van der Waals surface area contributed by atoms with Crippen LogP contribution in [0.15, 0.2) is 54.0 Å². The van der Waals surface area contributed by atoms with Gasteiger partial charge in [-0.3, -0.25) is 9.69 Å². The fourth-order valence-corrected chi connectivity index (χ4v) is 4.05. The molecule has 1 amide bonds. The van der Waals surface area contributed by atoms with E-state index < -0.39 is 0 Å². The zero-order valence-electron chi connectivity index (χ0n) is 14.8. The summed E-state index contributed by atoms with van der Waals surface area (Å²) >= 11 is 1.67. The number of aromatic nitrogens is 1. The Morgan fingerprint density at radius 2 is 1.88 bits per heavy atom. The highest BCUT2D eigenvalue weighted by molar-refractivity contribution is 7.13. The second-order valence-corrected chi connectivity index (χ2v) is 7.44. The third kappa shape index (κ3) is 3.57. The molecule has 1 aliphatic heterocycles. The minimum Gasteiger partial charge on any atom is -0.346 e. The molecule has 1 fully saturated rings. The van der Waals surface area contributed by atoms with Crippen LogP contribution in [0.25, 0.3) is 10.8 Å². The number of nitrogens with zero attached hydrogens (tertiary/aromatic N) is 3. The molecular weight excluding hydrogens is 344 g/mol. The molecule has 0 bridgehead atoms. The number of hydrogen-bond acceptors (Lipinski definition) is 5. The first-order chi connectivity index (χ1) is 12.7. The van der Waals surface area contributed by atoms with Gasteiger partial charge in [0.15, 0.2) is 5.13 Å². The number of amides is 1. The summed E-state index contributed by atoms with van der Waals surface area (Å²) in [7, 11) is 0. The van der Waals surface area contributed by atoms with E-state index in [1.165, 1.54) is 5.39 Å². The number of hydrogen-bond donors (Lipinski definition) is 1. The maximum Gasteiger partial charge on any atom is 0.241 e. The van der Waals surface area contributed by atoms with Gasteiger partial charge in [0.1, 0.15) is 0 Å². The normalized spacial score (nSPS) is 16.6. The molecule has 0 spiro atoms. The summed E-state index contributed by atoms with van der Waals surface area (Å²) in [6.45, 7) is 5.52. The predicted molar refractivity (Wildman–Crippen MR) is 108 cm³/mol. The van der Waals surface area contributed by atoms with E-state index in [1.807, 2.05) is 48.8 Å². The number of carbonyl (C=O) groups is 1. The van der Waals surface area contributed by atoms with Crippen molar-refractivity contribution in [3.05, 3.63) is 54.0 Å². The summed E-state index contributed by atoms with van der Waals surface area (Å²) in [6, 6.07) is 14.1. The Labute approximate surface area is 157 Å². The van der Waals surface area contributed by atoms with Gasteiger partial charge in [0, 0.05) is 43.4 Å². The fourth-order valence-electron chi connectivity index (χ4n) is 3.35. The molecule has 1 atom stereocenters. The van der Waals surface area contributed by atoms with Crippen molar-refractivity contribution < 1.29 is 4.79 Å². The lowest BCUT2D eigenvalue weighted by Crippen LogP contribution is -2.52. The molecule has 6 heteroatoms. The van der Waals surface area contributed by atoms with Gasteiger partial charge in [0.05, 0.1) is 6.04 Å². The van der Waals surface area contributed by atoms with E-state index in [9.17, 15) is 4.79 Å². The van der Waals surface area contributed by atoms with Crippen LogP contribution in [0.2, 0.25) is 0 Å². The quantitative estimate of drug-likeness (QED) is 0.768. The maximum absolute atomic E-state index is 12.7. The van der Waals surface area contributed by atoms with Crippen molar-refractivity contribution in [3.63, 3.8) is 0 Å². The largest absolute Gasteiger partial charge is 0.346 e. The molecule has 4 rings (SSSR count). The van der Waals surface area contributed by atoms with Crippen molar-refractivity contribution in [1.29, 1.82) is 0 Å². The van der Waals surface area contributed by atoms with Gasteiger partial charge in [-0.1, -0.05) is 30.3 Å². The van der Waals surface area contributed by atoms with Gasteiger partial charge in [-0.2, -0.15) is 0 Å². The van der Waals surface area contributed by atoms with Crippen molar-refractivity contribution in [2.24, 2.45) is 0 Å². The van der Waals surface area contributed by atoms with Crippen molar-refractivity contribution in [1.82, 2.24) is 9.88 Å². The Bertz CT molecular complexity index is 888. The van der Waals surface area contributed by atoms with Crippen LogP contribution in [-0.4, -0.2) is 48.0 Å². The third-order valence-electron chi connectivity index (χ3n) is 4.95. The summed E-state index contributed by atoms with van der Waals surface area (Å²) in [6.07, 6.45) is 1.84. The molecule has 5 nitrogen and oxygen atoms in total. The SMILES string of the molecule is CC(C(=O)Nc1ccc2ccccc2c1)N1CCN(c2nccs2)CC1. The van der Waals surface area contributed by atoms with E-state index in [4.69, 9.17) is 0 Å². The van der Waals surface area contributed by atoms with Crippen molar-refractivity contribution in [2.45, 2.75) is 13.0 Å². The molecule has 2 aromatic carbocycles. The number of carbonyl (C=O) groups excluding carboxylic acids is 1. The summed E-state index contributed by atoms with van der Waals surface area (Å²) in [5.74, 6) is 0.0444. The van der Waals surface area contributed by atoms with Gasteiger partial charge in [0.25, 0.3) is 0 Å². The van der Waals surface area contributed by atoms with Crippen LogP contribution in [-0.2, 0) is 4.79 Å². The first-order valence-corrected chi connectivity index (χ1v) is 9.77. The Hall–Kier alpha value is -2.44. The molecule has 1 aromatic heterocycles. The highest BCUT2D eigenvalue weighted by Crippen LogP contribution is 2.21. The summed E-state index contributed by atoms with van der Waals surface area (Å²) in [5, 5.41) is 8.45. The van der Waals surface area contributed by atoms with Gasteiger partial charge >= 0.3 is 0 Å². The molecule has 0 saturated carbocycles. The van der Waals surface area contributed by atoms with Crippen molar-refractivity contribution >= 4 is 38.8 Å². The van der Waals surface area contributed by atoms with Gasteiger partial charge in [-0.15, -0.1) is 11.3 Å². The van der Waals surface area contributed by atoms with E-state index >= 15 is 0 Å². The van der Waals surface area contributed by atoms with Crippen LogP contribution in [0.3, 0.4) is 0 Å². The zero-order valence-corrected chi connectivity index (χ0v) is 15.6. The second kappa shape index (κ2) is 7.43. The third-order valence-corrected chi connectivity index (χ3v) is 5.78. The average Bonchev–Trinajstić information content (AvgIpc) is 3.22. The van der Waals surface area contributed by atoms with Crippen LogP contribution in [0, 0.1) is 0 Å². The molecule has 0 radical (unpaired) electrons. The monoisotopic (exact) mass is 366 g/mol. The molecule has 26 heavy (non-hydrogen) atoms. The van der Waals surface area contributed by atoms with Crippen LogP contribution in [0.5, 0.6) is 0 Å². The predicted octanol–water partition coefficient (Wildman–Crippen LogP) is 3.45. The van der Waals surface area contributed by atoms with E-state index in [0.29, 0.717) is 0 Å². The van der Waals surface area contributed by atoms with Crippen molar-refractivity contribution in [3.8, 4) is 0 Å². The van der Waals surface area contributed by atoms with Gasteiger partial charge < -0.3 is 10.2 Å². The van der Waals surface area contributed by atoms with Gasteiger partial charge in [0.2, 0.25) is 5.91 Å². The summed E-state index contributed by atoms with van der Waals surface area (Å²) < 4.78 is 0. The van der Waals surface area contributed by atoms with E-state index in [0.717, 1.165) is 42.4 Å². The molecule has 1 aliphatic rings. The summed E-state index contributed by atoms with van der Waals surface area (Å²) in [4.78, 5) is 21.6. The Kier molecular flexibility index (Phi) is 4.86. The first kappa shape index (κ1) is 17.0. The number of piperazine rings is 1. The molecule has 2 heterocycles. The maximum atomic E-state index is 12.7.